The van der Waals surface area contributed by atoms with Crippen molar-refractivity contribution < 1.29 is 14.4 Å². The third kappa shape index (κ3) is 3.19. The van der Waals surface area contributed by atoms with E-state index in [1.165, 1.54) is 4.90 Å². The molecular formula is C11H17ClN2O3. The molecule has 1 aliphatic rings. The molecule has 0 saturated carbocycles. The summed E-state index contributed by atoms with van der Waals surface area (Å²) in [5.41, 5.74) is -0.966. The van der Waals surface area contributed by atoms with Crippen LogP contribution in [0, 0.1) is 0 Å². The summed E-state index contributed by atoms with van der Waals surface area (Å²) in [5.74, 6) is -0.529. The summed E-state index contributed by atoms with van der Waals surface area (Å²) in [6.45, 7) is 3.21. The summed E-state index contributed by atoms with van der Waals surface area (Å²) in [4.78, 5) is 36.1. The van der Waals surface area contributed by atoms with Gasteiger partial charge in [0.2, 0.25) is 11.8 Å². The van der Waals surface area contributed by atoms with Gasteiger partial charge in [-0.1, -0.05) is 0 Å². The zero-order valence-electron chi connectivity index (χ0n) is 10.1. The smallest absolute Gasteiger partial charge is 0.252 e. The van der Waals surface area contributed by atoms with Gasteiger partial charge in [0.1, 0.15) is 12.1 Å². The summed E-state index contributed by atoms with van der Waals surface area (Å²) in [6, 6.07) is 0. The first-order chi connectivity index (χ1) is 7.89. The largest absolute Gasteiger partial charge is 0.319 e. The molecule has 0 radical (unpaired) electrons. The third-order valence-corrected chi connectivity index (χ3v) is 3.13. The Hall–Kier alpha value is -1.10. The number of amides is 3. The first kappa shape index (κ1) is 14.0. The molecule has 3 amide bonds. The Balaban J connectivity index is 2.69. The molecule has 0 atom stereocenters. The van der Waals surface area contributed by atoms with Crippen molar-refractivity contribution >= 4 is 29.3 Å². The summed E-state index contributed by atoms with van der Waals surface area (Å²) in [5, 5.41) is 2.23. The van der Waals surface area contributed by atoms with Crippen LogP contribution in [0.1, 0.15) is 33.1 Å². The average Bonchev–Trinajstić information content (AvgIpc) is 2.24. The molecule has 1 heterocycles. The van der Waals surface area contributed by atoms with Crippen LogP contribution in [0.4, 0.5) is 0 Å². The van der Waals surface area contributed by atoms with Crippen LogP contribution in [0.2, 0.25) is 0 Å². The molecule has 1 fully saturated rings. The van der Waals surface area contributed by atoms with Crippen LogP contribution in [-0.2, 0) is 14.4 Å². The monoisotopic (exact) mass is 260 g/mol. The zero-order valence-corrected chi connectivity index (χ0v) is 10.8. The van der Waals surface area contributed by atoms with Crippen molar-refractivity contribution in [3.8, 4) is 0 Å². The lowest BCUT2D eigenvalue weighted by atomic mass is 9.98. The van der Waals surface area contributed by atoms with E-state index in [2.05, 4.69) is 5.32 Å². The minimum atomic E-state index is -0.966. The van der Waals surface area contributed by atoms with Crippen LogP contribution in [0.3, 0.4) is 0 Å². The molecule has 0 spiro atoms. The van der Waals surface area contributed by atoms with Gasteiger partial charge in [-0.15, -0.1) is 11.6 Å². The lowest BCUT2D eigenvalue weighted by molar-refractivity contribution is -0.155. The fourth-order valence-corrected chi connectivity index (χ4v) is 1.88. The standard InChI is InChI=1S/C11H17ClN2O3/c1-11(2)10(17)13-8(15)7-14(11)9(16)5-3-4-6-12/h3-7H2,1-2H3,(H,13,15,17). The van der Waals surface area contributed by atoms with E-state index in [1.807, 2.05) is 0 Å². The van der Waals surface area contributed by atoms with Crippen molar-refractivity contribution in [3.05, 3.63) is 0 Å². The maximum Gasteiger partial charge on any atom is 0.252 e. The van der Waals surface area contributed by atoms with E-state index in [0.717, 1.165) is 6.42 Å². The predicted molar refractivity (Wildman–Crippen MR) is 63.5 cm³/mol. The first-order valence-electron chi connectivity index (χ1n) is 5.60. The summed E-state index contributed by atoms with van der Waals surface area (Å²) in [7, 11) is 0. The Bertz CT molecular complexity index is 342. The molecule has 0 aromatic rings. The topological polar surface area (TPSA) is 66.5 Å². The van der Waals surface area contributed by atoms with Gasteiger partial charge in [0.05, 0.1) is 0 Å². The Kier molecular flexibility index (Phi) is 4.51. The number of unbranched alkanes of at least 4 members (excludes halogenated alkanes) is 1. The molecule has 1 aliphatic heterocycles. The highest BCUT2D eigenvalue weighted by molar-refractivity contribution is 6.17. The number of alkyl halides is 1. The van der Waals surface area contributed by atoms with Gasteiger partial charge in [0, 0.05) is 12.3 Å². The maximum atomic E-state index is 11.9. The number of imide groups is 1. The molecule has 96 valence electrons. The third-order valence-electron chi connectivity index (χ3n) is 2.86. The molecule has 17 heavy (non-hydrogen) atoms. The Morgan fingerprint density at radius 1 is 1.41 bits per heavy atom. The van der Waals surface area contributed by atoms with Crippen LogP contribution in [0.25, 0.3) is 0 Å². The van der Waals surface area contributed by atoms with Gasteiger partial charge in [0.15, 0.2) is 0 Å². The normalized spacial score (nSPS) is 19.1. The van der Waals surface area contributed by atoms with Crippen molar-refractivity contribution in [2.24, 2.45) is 0 Å². The highest BCUT2D eigenvalue weighted by Gasteiger charge is 2.42. The molecule has 0 unspecified atom stereocenters. The summed E-state index contributed by atoms with van der Waals surface area (Å²) >= 11 is 5.53. The number of piperazine rings is 1. The van der Waals surface area contributed by atoms with Crippen LogP contribution < -0.4 is 5.32 Å². The SMILES string of the molecule is CC1(C)C(=O)NC(=O)CN1C(=O)CCCCCl. The van der Waals surface area contributed by atoms with Crippen molar-refractivity contribution in [2.75, 3.05) is 12.4 Å². The van der Waals surface area contributed by atoms with Gasteiger partial charge >= 0.3 is 0 Å². The van der Waals surface area contributed by atoms with E-state index in [9.17, 15) is 14.4 Å². The van der Waals surface area contributed by atoms with Crippen LogP contribution >= 0.6 is 11.6 Å². The summed E-state index contributed by atoms with van der Waals surface area (Å²) < 4.78 is 0. The van der Waals surface area contributed by atoms with Crippen molar-refractivity contribution in [2.45, 2.75) is 38.6 Å². The molecule has 1 rings (SSSR count). The lowest BCUT2D eigenvalue weighted by Gasteiger charge is -2.40. The van der Waals surface area contributed by atoms with Gasteiger partial charge in [-0.2, -0.15) is 0 Å². The molecule has 0 aromatic carbocycles. The quantitative estimate of drug-likeness (QED) is 0.459. The predicted octanol–water partition coefficient (Wildman–Crippen LogP) is 0.659. The number of hydrogen-bond acceptors (Lipinski definition) is 3. The zero-order chi connectivity index (χ0) is 13.1. The van der Waals surface area contributed by atoms with Crippen LogP contribution in [0.5, 0.6) is 0 Å². The minimum absolute atomic E-state index is 0.0571. The maximum absolute atomic E-state index is 11.9. The van der Waals surface area contributed by atoms with Gasteiger partial charge in [-0.3, -0.25) is 19.7 Å². The Morgan fingerprint density at radius 2 is 2.06 bits per heavy atom. The second-order valence-corrected chi connectivity index (χ2v) is 4.94. The number of nitrogens with one attached hydrogen (secondary N) is 1. The highest BCUT2D eigenvalue weighted by atomic mass is 35.5. The highest BCUT2D eigenvalue weighted by Crippen LogP contribution is 2.19. The van der Waals surface area contributed by atoms with Gasteiger partial charge in [-0.25, -0.2) is 0 Å². The fourth-order valence-electron chi connectivity index (χ4n) is 1.69. The second-order valence-electron chi connectivity index (χ2n) is 4.56. The van der Waals surface area contributed by atoms with Crippen LogP contribution in [0.15, 0.2) is 0 Å². The van der Waals surface area contributed by atoms with E-state index in [0.29, 0.717) is 18.7 Å². The first-order valence-corrected chi connectivity index (χ1v) is 6.13. The van der Waals surface area contributed by atoms with Crippen molar-refractivity contribution in [1.29, 1.82) is 0 Å². The van der Waals surface area contributed by atoms with Gasteiger partial charge in [-0.05, 0) is 26.7 Å². The van der Waals surface area contributed by atoms with Gasteiger partial charge < -0.3 is 4.90 Å². The summed E-state index contributed by atoms with van der Waals surface area (Å²) in [6.07, 6.45) is 1.74. The molecule has 6 heteroatoms. The number of carbonyl (C=O) groups is 3. The number of nitrogens with zero attached hydrogens (tertiary/aromatic N) is 1. The molecule has 5 nitrogen and oxygen atoms in total. The molecule has 0 aliphatic carbocycles. The Morgan fingerprint density at radius 3 is 2.65 bits per heavy atom. The average molecular weight is 261 g/mol. The lowest BCUT2D eigenvalue weighted by Crippen LogP contribution is -2.65. The van der Waals surface area contributed by atoms with E-state index in [-0.39, 0.29) is 12.5 Å². The molecule has 1 saturated heterocycles. The van der Waals surface area contributed by atoms with E-state index in [4.69, 9.17) is 11.6 Å². The van der Waals surface area contributed by atoms with Crippen molar-refractivity contribution in [1.82, 2.24) is 10.2 Å². The second kappa shape index (κ2) is 5.49. The van der Waals surface area contributed by atoms with Gasteiger partial charge in [0.25, 0.3) is 5.91 Å². The minimum Gasteiger partial charge on any atom is -0.319 e. The van der Waals surface area contributed by atoms with E-state index in [1.54, 1.807) is 13.8 Å². The molecular weight excluding hydrogens is 244 g/mol. The molecule has 1 N–H and O–H groups in total. The fraction of sp³-hybridized carbons (Fsp3) is 0.727. The van der Waals surface area contributed by atoms with E-state index >= 15 is 0 Å². The number of halogens is 1. The van der Waals surface area contributed by atoms with E-state index < -0.39 is 17.4 Å². The molecule has 0 bridgehead atoms. The number of hydrogen-bond donors (Lipinski definition) is 1. The van der Waals surface area contributed by atoms with Crippen LogP contribution in [-0.4, -0.2) is 40.6 Å². The number of rotatable bonds is 4. The molecule has 0 aromatic heterocycles. The number of carbonyl (C=O) groups excluding carboxylic acids is 3. The van der Waals surface area contributed by atoms with Crippen molar-refractivity contribution in [3.63, 3.8) is 0 Å². The Labute approximate surface area is 105 Å².